The molecule has 1 N–H and O–H groups in total. The number of hydrogen-bond donors (Lipinski definition) is 1. The third kappa shape index (κ3) is 5.14. The number of likely N-dealkylation sites (N-methyl/N-ethyl adjacent to an activating group) is 2. The van der Waals surface area contributed by atoms with E-state index in [4.69, 9.17) is 9.15 Å². The molecule has 0 aliphatic heterocycles. The summed E-state index contributed by atoms with van der Waals surface area (Å²) in [5.41, 5.74) is 0. The van der Waals surface area contributed by atoms with Crippen LogP contribution in [0.3, 0.4) is 0 Å². The van der Waals surface area contributed by atoms with Gasteiger partial charge >= 0.3 is 6.01 Å². The van der Waals surface area contributed by atoms with Gasteiger partial charge in [0.15, 0.2) is 0 Å². The highest BCUT2D eigenvalue weighted by molar-refractivity contribution is 5.80. The minimum Gasteiger partial charge on any atom is -0.407 e. The Morgan fingerprint density at radius 2 is 2.15 bits per heavy atom. The van der Waals surface area contributed by atoms with E-state index in [-0.39, 0.29) is 12.5 Å². The Balaban J connectivity index is 2.52. The van der Waals surface area contributed by atoms with Crippen LogP contribution in [0.2, 0.25) is 0 Å². The van der Waals surface area contributed by atoms with Crippen LogP contribution in [0.5, 0.6) is 0 Å². The molecule has 1 aromatic heterocycles. The van der Waals surface area contributed by atoms with Gasteiger partial charge in [0.1, 0.15) is 6.54 Å². The van der Waals surface area contributed by atoms with Crippen molar-refractivity contribution in [3.05, 3.63) is 5.89 Å². The summed E-state index contributed by atoms with van der Waals surface area (Å²) in [6.45, 7) is 4.60. The SMILES string of the molecule is CCN(CC(=O)N(C)C)c1nnc(CNCCOC)o1. The molecule has 1 aromatic rings. The number of ether oxygens (including phenoxy) is 1. The van der Waals surface area contributed by atoms with Crippen molar-refractivity contribution in [2.24, 2.45) is 0 Å². The fraction of sp³-hybridized carbons (Fsp3) is 0.750. The monoisotopic (exact) mass is 285 g/mol. The Kier molecular flexibility index (Phi) is 6.96. The second-order valence-corrected chi connectivity index (χ2v) is 4.45. The molecule has 0 aromatic carbocycles. The summed E-state index contributed by atoms with van der Waals surface area (Å²) in [4.78, 5) is 15.0. The first-order valence-electron chi connectivity index (χ1n) is 6.55. The number of hydrogen-bond acceptors (Lipinski definition) is 7. The van der Waals surface area contributed by atoms with Crippen molar-refractivity contribution in [3.8, 4) is 0 Å². The van der Waals surface area contributed by atoms with E-state index in [9.17, 15) is 4.79 Å². The lowest BCUT2D eigenvalue weighted by molar-refractivity contribution is -0.127. The summed E-state index contributed by atoms with van der Waals surface area (Å²) in [6, 6.07) is 0.367. The van der Waals surface area contributed by atoms with Gasteiger partial charge < -0.3 is 24.3 Å². The van der Waals surface area contributed by atoms with Gasteiger partial charge in [0, 0.05) is 34.3 Å². The molecule has 0 atom stereocenters. The van der Waals surface area contributed by atoms with Gasteiger partial charge in [-0.1, -0.05) is 5.10 Å². The maximum absolute atomic E-state index is 11.7. The van der Waals surface area contributed by atoms with Crippen LogP contribution >= 0.6 is 0 Å². The Labute approximate surface area is 119 Å². The van der Waals surface area contributed by atoms with Crippen molar-refractivity contribution in [1.82, 2.24) is 20.4 Å². The molecule has 0 aliphatic rings. The third-order valence-corrected chi connectivity index (χ3v) is 2.69. The average Bonchev–Trinajstić information content (AvgIpc) is 2.89. The number of rotatable bonds is 9. The molecule has 8 nitrogen and oxygen atoms in total. The normalized spacial score (nSPS) is 10.6. The van der Waals surface area contributed by atoms with E-state index in [1.54, 1.807) is 26.1 Å². The van der Waals surface area contributed by atoms with Crippen LogP contribution in [0.25, 0.3) is 0 Å². The Morgan fingerprint density at radius 1 is 1.40 bits per heavy atom. The van der Waals surface area contributed by atoms with Gasteiger partial charge in [0.2, 0.25) is 11.8 Å². The lowest BCUT2D eigenvalue weighted by Crippen LogP contribution is -2.36. The van der Waals surface area contributed by atoms with Gasteiger partial charge in [-0.2, -0.15) is 0 Å². The summed E-state index contributed by atoms with van der Waals surface area (Å²) in [6.07, 6.45) is 0. The first-order chi connectivity index (χ1) is 9.58. The van der Waals surface area contributed by atoms with E-state index in [2.05, 4.69) is 15.5 Å². The van der Waals surface area contributed by atoms with Gasteiger partial charge in [-0.25, -0.2) is 0 Å². The van der Waals surface area contributed by atoms with Gasteiger partial charge in [-0.05, 0) is 6.92 Å². The molecule has 0 aliphatic carbocycles. The topological polar surface area (TPSA) is 83.7 Å². The van der Waals surface area contributed by atoms with Gasteiger partial charge in [0.05, 0.1) is 13.2 Å². The minimum atomic E-state index is -0.00943. The van der Waals surface area contributed by atoms with E-state index >= 15 is 0 Å². The second-order valence-electron chi connectivity index (χ2n) is 4.45. The van der Waals surface area contributed by atoms with Crippen molar-refractivity contribution >= 4 is 11.9 Å². The summed E-state index contributed by atoms with van der Waals surface area (Å²) in [5.74, 6) is 0.483. The van der Waals surface area contributed by atoms with E-state index < -0.39 is 0 Å². The summed E-state index contributed by atoms with van der Waals surface area (Å²) in [7, 11) is 5.08. The summed E-state index contributed by atoms with van der Waals surface area (Å²) < 4.78 is 10.5. The number of carbonyl (C=O) groups excluding carboxylic acids is 1. The molecule has 0 radical (unpaired) electrons. The molecule has 0 unspecified atom stereocenters. The quantitative estimate of drug-likeness (QED) is 0.625. The Hall–Kier alpha value is -1.67. The van der Waals surface area contributed by atoms with Gasteiger partial charge in [0.25, 0.3) is 0 Å². The first-order valence-corrected chi connectivity index (χ1v) is 6.55. The van der Waals surface area contributed by atoms with Gasteiger partial charge in [-0.15, -0.1) is 5.10 Å². The number of anilines is 1. The molecule has 0 saturated carbocycles. The van der Waals surface area contributed by atoms with Crippen molar-refractivity contribution in [3.63, 3.8) is 0 Å². The zero-order chi connectivity index (χ0) is 15.0. The number of carbonyl (C=O) groups is 1. The predicted octanol–water partition coefficient (Wildman–Crippen LogP) is -0.280. The molecule has 20 heavy (non-hydrogen) atoms. The van der Waals surface area contributed by atoms with Crippen LogP contribution in [-0.4, -0.2) is 68.5 Å². The zero-order valence-corrected chi connectivity index (χ0v) is 12.5. The number of methoxy groups -OCH3 is 1. The molecular weight excluding hydrogens is 262 g/mol. The number of nitrogens with one attached hydrogen (secondary N) is 1. The lowest BCUT2D eigenvalue weighted by atomic mass is 10.4. The molecule has 0 saturated heterocycles. The summed E-state index contributed by atoms with van der Waals surface area (Å²) in [5, 5.41) is 11.0. The van der Waals surface area contributed by atoms with Crippen LogP contribution in [0.4, 0.5) is 6.01 Å². The Morgan fingerprint density at radius 3 is 2.75 bits per heavy atom. The Bertz CT molecular complexity index is 408. The van der Waals surface area contributed by atoms with E-state index in [1.165, 1.54) is 4.90 Å². The minimum absolute atomic E-state index is 0.00943. The van der Waals surface area contributed by atoms with Gasteiger partial charge in [-0.3, -0.25) is 4.79 Å². The largest absolute Gasteiger partial charge is 0.407 e. The molecule has 1 amide bonds. The standard InChI is InChI=1S/C12H23N5O3/c1-5-17(9-11(18)16(2)3)12-15-14-10(20-12)8-13-6-7-19-4/h13H,5-9H2,1-4H3. The fourth-order valence-corrected chi connectivity index (χ4v) is 1.43. The molecular formula is C12H23N5O3. The van der Waals surface area contributed by atoms with E-state index in [0.29, 0.717) is 38.1 Å². The number of amides is 1. The lowest BCUT2D eigenvalue weighted by Gasteiger charge is -2.19. The van der Waals surface area contributed by atoms with Crippen LogP contribution in [0, 0.1) is 0 Å². The van der Waals surface area contributed by atoms with Crippen molar-refractivity contribution < 1.29 is 13.9 Å². The highest BCUT2D eigenvalue weighted by atomic mass is 16.5. The molecule has 8 heteroatoms. The zero-order valence-electron chi connectivity index (χ0n) is 12.5. The molecule has 1 rings (SSSR count). The first kappa shape index (κ1) is 16.4. The predicted molar refractivity (Wildman–Crippen MR) is 74.5 cm³/mol. The van der Waals surface area contributed by atoms with Crippen LogP contribution in [-0.2, 0) is 16.1 Å². The maximum atomic E-state index is 11.7. The van der Waals surface area contributed by atoms with Crippen molar-refractivity contribution in [2.75, 3.05) is 52.3 Å². The summed E-state index contributed by atoms with van der Waals surface area (Å²) >= 11 is 0. The highest BCUT2D eigenvalue weighted by Gasteiger charge is 2.17. The molecule has 0 spiro atoms. The fourth-order valence-electron chi connectivity index (χ4n) is 1.43. The third-order valence-electron chi connectivity index (χ3n) is 2.69. The van der Waals surface area contributed by atoms with E-state index in [0.717, 1.165) is 0 Å². The average molecular weight is 285 g/mol. The number of aromatic nitrogens is 2. The smallest absolute Gasteiger partial charge is 0.318 e. The number of nitrogens with zero attached hydrogens (tertiary/aromatic N) is 4. The van der Waals surface area contributed by atoms with Crippen molar-refractivity contribution in [2.45, 2.75) is 13.5 Å². The van der Waals surface area contributed by atoms with Crippen LogP contribution < -0.4 is 10.2 Å². The highest BCUT2D eigenvalue weighted by Crippen LogP contribution is 2.11. The van der Waals surface area contributed by atoms with Crippen LogP contribution in [0.15, 0.2) is 4.42 Å². The maximum Gasteiger partial charge on any atom is 0.318 e. The molecule has 1 heterocycles. The van der Waals surface area contributed by atoms with Crippen LogP contribution in [0.1, 0.15) is 12.8 Å². The van der Waals surface area contributed by atoms with Crippen molar-refractivity contribution in [1.29, 1.82) is 0 Å². The molecule has 0 fully saturated rings. The molecule has 114 valence electrons. The van der Waals surface area contributed by atoms with E-state index in [1.807, 2.05) is 6.92 Å². The second kappa shape index (κ2) is 8.49. The molecule has 0 bridgehead atoms.